The first kappa shape index (κ1) is 18.9. The van der Waals surface area contributed by atoms with Crippen LogP contribution < -0.4 is 0 Å². The summed E-state index contributed by atoms with van der Waals surface area (Å²) in [5.74, 6) is -0.323. The average molecular weight is 394 g/mol. The first-order chi connectivity index (χ1) is 13.4. The van der Waals surface area contributed by atoms with Crippen molar-refractivity contribution in [2.24, 2.45) is 0 Å². The Balaban J connectivity index is 1.51. The number of fused-ring (bicyclic) bond motifs is 2. The summed E-state index contributed by atoms with van der Waals surface area (Å²) in [4.78, 5) is 14.8. The Kier molecular flexibility index (Phi) is 4.86. The van der Waals surface area contributed by atoms with Crippen LogP contribution in [0.15, 0.2) is 30.5 Å². The fraction of sp³-hybridized carbons (Fsp3) is 0.526. The molecule has 9 heteroatoms. The van der Waals surface area contributed by atoms with Crippen molar-refractivity contribution >= 4 is 5.91 Å². The van der Waals surface area contributed by atoms with Gasteiger partial charge in [0, 0.05) is 24.8 Å². The number of rotatable bonds is 4. The van der Waals surface area contributed by atoms with Crippen LogP contribution in [0.1, 0.15) is 53.3 Å². The molecule has 6 nitrogen and oxygen atoms in total. The second kappa shape index (κ2) is 7.20. The number of halogens is 3. The number of carbonyl (C=O) groups is 1. The molecular weight excluding hydrogens is 373 g/mol. The maximum Gasteiger partial charge on any atom is 0.416 e. The van der Waals surface area contributed by atoms with E-state index in [1.165, 1.54) is 12.1 Å². The monoisotopic (exact) mass is 394 g/mol. The number of ether oxygens (including phenoxy) is 1. The summed E-state index contributed by atoms with van der Waals surface area (Å²) in [5, 5.41) is 8.27. The zero-order valence-electron chi connectivity index (χ0n) is 15.4. The number of amides is 1. The maximum absolute atomic E-state index is 13.0. The van der Waals surface area contributed by atoms with Crippen molar-refractivity contribution in [3.05, 3.63) is 47.3 Å². The molecule has 1 aromatic heterocycles. The second-order valence-electron chi connectivity index (χ2n) is 7.42. The Morgan fingerprint density at radius 1 is 1.21 bits per heavy atom. The van der Waals surface area contributed by atoms with Gasteiger partial charge in [-0.25, -0.2) is 4.68 Å². The summed E-state index contributed by atoms with van der Waals surface area (Å²) in [6.45, 7) is 0.389. The third kappa shape index (κ3) is 3.50. The van der Waals surface area contributed by atoms with E-state index in [1.807, 2.05) is 10.9 Å². The molecule has 28 heavy (non-hydrogen) atoms. The molecule has 2 aromatic rings. The molecule has 1 amide bonds. The van der Waals surface area contributed by atoms with Crippen molar-refractivity contribution in [3.8, 4) is 0 Å². The number of aromatic nitrogens is 3. The highest BCUT2D eigenvalue weighted by Gasteiger charge is 2.44. The molecule has 150 valence electrons. The van der Waals surface area contributed by atoms with Gasteiger partial charge >= 0.3 is 6.18 Å². The summed E-state index contributed by atoms with van der Waals surface area (Å²) < 4.78 is 45.8. The summed E-state index contributed by atoms with van der Waals surface area (Å²) in [6, 6.07) is 4.81. The van der Waals surface area contributed by atoms with Crippen LogP contribution in [0, 0.1) is 0 Å². The van der Waals surface area contributed by atoms with Gasteiger partial charge in [-0.3, -0.25) is 4.79 Å². The normalized spacial score (nSPS) is 24.6. The van der Waals surface area contributed by atoms with Crippen molar-refractivity contribution < 1.29 is 22.7 Å². The first-order valence-electron chi connectivity index (χ1n) is 9.26. The highest BCUT2D eigenvalue weighted by Crippen LogP contribution is 2.41. The minimum absolute atomic E-state index is 0.000804. The van der Waals surface area contributed by atoms with E-state index in [4.69, 9.17) is 4.74 Å². The minimum Gasteiger partial charge on any atom is -0.378 e. The number of nitrogens with zero attached hydrogens (tertiary/aromatic N) is 4. The van der Waals surface area contributed by atoms with E-state index in [0.29, 0.717) is 6.61 Å². The molecule has 2 unspecified atom stereocenters. The molecule has 0 saturated carbocycles. The van der Waals surface area contributed by atoms with Crippen LogP contribution >= 0.6 is 0 Å². The summed E-state index contributed by atoms with van der Waals surface area (Å²) in [7, 11) is 1.59. The number of hydrogen-bond acceptors (Lipinski definition) is 4. The van der Waals surface area contributed by atoms with Crippen molar-refractivity contribution in [3.63, 3.8) is 0 Å². The molecule has 2 bridgehead atoms. The molecule has 2 aliphatic heterocycles. The molecule has 2 saturated heterocycles. The molecule has 2 atom stereocenters. The Morgan fingerprint density at radius 3 is 2.57 bits per heavy atom. The predicted octanol–water partition coefficient (Wildman–Crippen LogP) is 3.45. The van der Waals surface area contributed by atoms with Crippen molar-refractivity contribution in [2.45, 2.75) is 56.6 Å². The van der Waals surface area contributed by atoms with Gasteiger partial charge in [-0.15, -0.1) is 5.10 Å². The van der Waals surface area contributed by atoms with Crippen molar-refractivity contribution in [1.29, 1.82) is 0 Å². The van der Waals surface area contributed by atoms with Gasteiger partial charge < -0.3 is 9.64 Å². The minimum atomic E-state index is -4.46. The van der Waals surface area contributed by atoms with E-state index in [9.17, 15) is 18.0 Å². The van der Waals surface area contributed by atoms with E-state index in [0.717, 1.165) is 43.5 Å². The second-order valence-corrected chi connectivity index (χ2v) is 7.42. The summed E-state index contributed by atoms with van der Waals surface area (Å²) in [6.07, 6.45) is 0.540. The summed E-state index contributed by atoms with van der Waals surface area (Å²) in [5.41, 5.74) is 0.0412. The number of carbonyl (C=O) groups excluding carboxylic acids is 1. The van der Waals surface area contributed by atoms with Gasteiger partial charge in [0.05, 0.1) is 24.4 Å². The third-order valence-corrected chi connectivity index (χ3v) is 5.60. The van der Waals surface area contributed by atoms with Crippen LogP contribution in [0.3, 0.4) is 0 Å². The van der Waals surface area contributed by atoms with Gasteiger partial charge in [0.15, 0.2) is 0 Å². The fourth-order valence-corrected chi connectivity index (χ4v) is 4.38. The maximum atomic E-state index is 13.0. The quantitative estimate of drug-likeness (QED) is 0.797. The summed E-state index contributed by atoms with van der Waals surface area (Å²) >= 11 is 0. The van der Waals surface area contributed by atoms with Gasteiger partial charge in [0.25, 0.3) is 5.91 Å². The average Bonchev–Trinajstić information content (AvgIpc) is 3.23. The van der Waals surface area contributed by atoms with Gasteiger partial charge in [-0.05, 0) is 43.9 Å². The SMILES string of the molecule is COCc1cn(C2CC3CCC(C2)N3C(=O)c2cccc(C(F)(F)F)c2)nn1. The van der Waals surface area contributed by atoms with Crippen LogP contribution in [0.2, 0.25) is 0 Å². The molecule has 1 aromatic carbocycles. The lowest BCUT2D eigenvalue weighted by Crippen LogP contribution is -2.47. The molecular formula is C19H21F3N4O2. The van der Waals surface area contributed by atoms with E-state index < -0.39 is 11.7 Å². The lowest BCUT2D eigenvalue weighted by molar-refractivity contribution is -0.137. The largest absolute Gasteiger partial charge is 0.416 e. The lowest BCUT2D eigenvalue weighted by Gasteiger charge is -2.39. The van der Waals surface area contributed by atoms with Crippen LogP contribution in [0.5, 0.6) is 0 Å². The van der Waals surface area contributed by atoms with Crippen molar-refractivity contribution in [1.82, 2.24) is 19.9 Å². The van der Waals surface area contributed by atoms with E-state index in [-0.39, 0.29) is 29.6 Å². The molecule has 4 rings (SSSR count). The van der Waals surface area contributed by atoms with Gasteiger partial charge in [-0.2, -0.15) is 13.2 Å². The smallest absolute Gasteiger partial charge is 0.378 e. The highest BCUT2D eigenvalue weighted by molar-refractivity contribution is 5.95. The first-order valence-corrected chi connectivity index (χ1v) is 9.26. The Labute approximate surface area is 160 Å². The van der Waals surface area contributed by atoms with Crippen LogP contribution in [0.25, 0.3) is 0 Å². The van der Waals surface area contributed by atoms with E-state index >= 15 is 0 Å². The highest BCUT2D eigenvalue weighted by atomic mass is 19.4. The van der Waals surface area contributed by atoms with Gasteiger partial charge in [0.2, 0.25) is 0 Å². The molecule has 3 heterocycles. The molecule has 0 spiro atoms. The Bertz CT molecular complexity index is 853. The number of benzene rings is 1. The zero-order valence-corrected chi connectivity index (χ0v) is 15.4. The number of methoxy groups -OCH3 is 1. The lowest BCUT2D eigenvalue weighted by atomic mass is 9.96. The Hall–Kier alpha value is -2.42. The number of alkyl halides is 3. The standard InChI is InChI=1S/C19H21F3N4O2/c1-28-11-14-10-25(24-23-14)17-8-15-5-6-16(9-17)26(15)18(27)12-3-2-4-13(7-12)19(20,21)22/h2-4,7,10,15-17H,5-6,8-9,11H2,1H3. The Morgan fingerprint density at radius 2 is 1.93 bits per heavy atom. The molecule has 0 aliphatic carbocycles. The molecule has 0 radical (unpaired) electrons. The van der Waals surface area contributed by atoms with Gasteiger partial charge in [0.1, 0.15) is 5.69 Å². The van der Waals surface area contributed by atoms with Crippen LogP contribution in [-0.4, -0.2) is 45.0 Å². The van der Waals surface area contributed by atoms with Crippen molar-refractivity contribution in [2.75, 3.05) is 7.11 Å². The molecule has 2 aliphatic rings. The molecule has 0 N–H and O–H groups in total. The van der Waals surface area contributed by atoms with Crippen LogP contribution in [-0.2, 0) is 17.5 Å². The third-order valence-electron chi connectivity index (χ3n) is 5.60. The van der Waals surface area contributed by atoms with E-state index in [2.05, 4.69) is 10.3 Å². The van der Waals surface area contributed by atoms with Gasteiger partial charge in [-0.1, -0.05) is 11.3 Å². The van der Waals surface area contributed by atoms with E-state index in [1.54, 1.807) is 12.0 Å². The van der Waals surface area contributed by atoms with Crippen LogP contribution in [0.4, 0.5) is 13.2 Å². The molecule has 2 fully saturated rings. The predicted molar refractivity (Wildman–Crippen MR) is 93.4 cm³/mol. The fourth-order valence-electron chi connectivity index (χ4n) is 4.38. The zero-order chi connectivity index (χ0) is 19.9. The number of piperidine rings is 1. The number of hydrogen-bond donors (Lipinski definition) is 0. The topological polar surface area (TPSA) is 60.2 Å².